The van der Waals surface area contributed by atoms with E-state index < -0.39 is 5.60 Å². The number of rotatable bonds is 3. The zero-order valence-electron chi connectivity index (χ0n) is 10.2. The summed E-state index contributed by atoms with van der Waals surface area (Å²) in [6.45, 7) is 3.91. The maximum Gasteiger partial charge on any atom is 0.113 e. The number of aliphatic hydroxyl groups is 1. The number of benzene rings is 1. The van der Waals surface area contributed by atoms with Gasteiger partial charge < -0.3 is 5.11 Å². The van der Waals surface area contributed by atoms with Crippen LogP contribution >= 0.6 is 0 Å². The second-order valence-corrected chi connectivity index (χ2v) is 4.37. The third-order valence-corrected chi connectivity index (χ3v) is 3.12. The van der Waals surface area contributed by atoms with Gasteiger partial charge in [0.1, 0.15) is 5.60 Å². The second-order valence-electron chi connectivity index (χ2n) is 4.37. The predicted molar refractivity (Wildman–Crippen MR) is 68.7 cm³/mol. The standard InChI is InChI=1S/C15H17NO/c1-3-12-6-4-7-13(10-12)15(2,17)14-8-5-9-16-11-14/h4-11,17H,3H2,1-2H3. The molecule has 0 spiro atoms. The van der Waals surface area contributed by atoms with Crippen LogP contribution < -0.4 is 0 Å². The molecule has 0 aliphatic rings. The lowest BCUT2D eigenvalue weighted by molar-refractivity contribution is 0.102. The van der Waals surface area contributed by atoms with E-state index in [4.69, 9.17) is 0 Å². The van der Waals surface area contributed by atoms with Crippen molar-refractivity contribution in [2.45, 2.75) is 25.9 Å². The molecule has 0 aliphatic heterocycles. The van der Waals surface area contributed by atoms with Gasteiger partial charge in [0.05, 0.1) is 0 Å². The van der Waals surface area contributed by atoms with E-state index in [1.807, 2.05) is 30.3 Å². The monoisotopic (exact) mass is 227 g/mol. The highest BCUT2D eigenvalue weighted by molar-refractivity contribution is 5.35. The van der Waals surface area contributed by atoms with Crippen molar-refractivity contribution in [1.82, 2.24) is 4.98 Å². The molecule has 17 heavy (non-hydrogen) atoms. The Hall–Kier alpha value is -1.67. The Bertz CT molecular complexity index is 491. The molecule has 0 aliphatic carbocycles. The van der Waals surface area contributed by atoms with E-state index in [0.717, 1.165) is 17.5 Å². The molecule has 1 aromatic carbocycles. The summed E-state index contributed by atoms with van der Waals surface area (Å²) in [5.74, 6) is 0. The molecule has 2 nitrogen and oxygen atoms in total. The molecule has 88 valence electrons. The van der Waals surface area contributed by atoms with Crippen LogP contribution in [0.1, 0.15) is 30.5 Å². The molecule has 1 unspecified atom stereocenters. The van der Waals surface area contributed by atoms with E-state index in [2.05, 4.69) is 18.0 Å². The highest BCUT2D eigenvalue weighted by Gasteiger charge is 2.25. The van der Waals surface area contributed by atoms with Crippen molar-refractivity contribution in [2.24, 2.45) is 0 Å². The van der Waals surface area contributed by atoms with Gasteiger partial charge >= 0.3 is 0 Å². The van der Waals surface area contributed by atoms with Gasteiger partial charge in [0.15, 0.2) is 0 Å². The van der Waals surface area contributed by atoms with Crippen molar-refractivity contribution >= 4 is 0 Å². The topological polar surface area (TPSA) is 33.1 Å². The summed E-state index contributed by atoms with van der Waals surface area (Å²) < 4.78 is 0. The van der Waals surface area contributed by atoms with Crippen molar-refractivity contribution in [3.63, 3.8) is 0 Å². The van der Waals surface area contributed by atoms with E-state index in [-0.39, 0.29) is 0 Å². The molecule has 0 saturated heterocycles. The third kappa shape index (κ3) is 2.37. The maximum absolute atomic E-state index is 10.6. The number of aryl methyl sites for hydroxylation is 1. The van der Waals surface area contributed by atoms with Crippen LogP contribution in [-0.4, -0.2) is 10.1 Å². The zero-order chi connectivity index (χ0) is 12.3. The largest absolute Gasteiger partial charge is 0.381 e. The average Bonchev–Trinajstić information content (AvgIpc) is 2.40. The molecule has 1 heterocycles. The Labute approximate surface area is 102 Å². The van der Waals surface area contributed by atoms with Crippen LogP contribution in [0.4, 0.5) is 0 Å². The summed E-state index contributed by atoms with van der Waals surface area (Å²) in [6.07, 6.45) is 4.39. The zero-order valence-corrected chi connectivity index (χ0v) is 10.2. The molecule has 2 heteroatoms. The van der Waals surface area contributed by atoms with E-state index in [1.165, 1.54) is 5.56 Å². The summed E-state index contributed by atoms with van der Waals surface area (Å²) in [5, 5.41) is 10.6. The van der Waals surface area contributed by atoms with Gasteiger partial charge in [0, 0.05) is 18.0 Å². The molecule has 0 fully saturated rings. The molecular formula is C15H17NO. The van der Waals surface area contributed by atoms with Crippen LogP contribution in [0, 0.1) is 0 Å². The van der Waals surface area contributed by atoms with E-state index >= 15 is 0 Å². The molecule has 2 rings (SSSR count). The van der Waals surface area contributed by atoms with Gasteiger partial charge in [0.2, 0.25) is 0 Å². The molecule has 1 N–H and O–H groups in total. The van der Waals surface area contributed by atoms with Crippen LogP contribution in [0.2, 0.25) is 0 Å². The fourth-order valence-corrected chi connectivity index (χ4v) is 1.91. The molecule has 0 radical (unpaired) electrons. The van der Waals surface area contributed by atoms with Crippen molar-refractivity contribution in [3.05, 3.63) is 65.5 Å². The number of hydrogen-bond donors (Lipinski definition) is 1. The summed E-state index contributed by atoms with van der Waals surface area (Å²) in [7, 11) is 0. The molecule has 0 amide bonds. The van der Waals surface area contributed by atoms with Crippen LogP contribution in [0.5, 0.6) is 0 Å². The van der Waals surface area contributed by atoms with Crippen molar-refractivity contribution in [3.8, 4) is 0 Å². The Morgan fingerprint density at radius 2 is 1.94 bits per heavy atom. The first-order valence-corrected chi connectivity index (χ1v) is 5.87. The minimum absolute atomic E-state index is 0.813. The summed E-state index contributed by atoms with van der Waals surface area (Å²) in [5.41, 5.74) is 1.96. The lowest BCUT2D eigenvalue weighted by Crippen LogP contribution is -2.23. The quantitative estimate of drug-likeness (QED) is 0.874. The first-order chi connectivity index (χ1) is 8.14. The second kappa shape index (κ2) is 4.68. The summed E-state index contributed by atoms with van der Waals surface area (Å²) in [4.78, 5) is 4.06. The minimum atomic E-state index is -0.987. The first-order valence-electron chi connectivity index (χ1n) is 5.87. The van der Waals surface area contributed by atoms with Crippen LogP contribution in [-0.2, 0) is 12.0 Å². The molecular weight excluding hydrogens is 210 g/mol. The van der Waals surface area contributed by atoms with E-state index in [9.17, 15) is 5.11 Å². The SMILES string of the molecule is CCc1cccc(C(C)(O)c2cccnc2)c1. The van der Waals surface area contributed by atoms with Gasteiger partial charge in [-0.25, -0.2) is 0 Å². The van der Waals surface area contributed by atoms with Crippen LogP contribution in [0.15, 0.2) is 48.8 Å². The fourth-order valence-electron chi connectivity index (χ4n) is 1.91. The fraction of sp³-hybridized carbons (Fsp3) is 0.267. The van der Waals surface area contributed by atoms with E-state index in [1.54, 1.807) is 19.3 Å². The Balaban J connectivity index is 2.44. The predicted octanol–water partition coefficient (Wildman–Crippen LogP) is 2.90. The Kier molecular flexibility index (Phi) is 3.25. The average molecular weight is 227 g/mol. The number of pyridine rings is 1. The lowest BCUT2D eigenvalue weighted by atomic mass is 9.88. The molecule has 1 aromatic heterocycles. The number of hydrogen-bond acceptors (Lipinski definition) is 2. The highest BCUT2D eigenvalue weighted by Crippen LogP contribution is 2.28. The Morgan fingerprint density at radius 3 is 2.59 bits per heavy atom. The summed E-state index contributed by atoms with van der Waals surface area (Å²) in [6, 6.07) is 11.8. The smallest absolute Gasteiger partial charge is 0.113 e. The van der Waals surface area contributed by atoms with Crippen LogP contribution in [0.25, 0.3) is 0 Å². The molecule has 0 bridgehead atoms. The van der Waals surface area contributed by atoms with Gasteiger partial charge in [-0.1, -0.05) is 37.3 Å². The normalized spacial score (nSPS) is 14.3. The van der Waals surface area contributed by atoms with Gasteiger partial charge in [-0.05, 0) is 30.5 Å². The van der Waals surface area contributed by atoms with Crippen LogP contribution in [0.3, 0.4) is 0 Å². The first kappa shape index (κ1) is 11.8. The molecule has 0 saturated carbocycles. The Morgan fingerprint density at radius 1 is 1.18 bits per heavy atom. The minimum Gasteiger partial charge on any atom is -0.381 e. The molecule has 2 aromatic rings. The number of aromatic nitrogens is 1. The van der Waals surface area contributed by atoms with Gasteiger partial charge in [-0.2, -0.15) is 0 Å². The number of nitrogens with zero attached hydrogens (tertiary/aromatic N) is 1. The van der Waals surface area contributed by atoms with Crippen molar-refractivity contribution < 1.29 is 5.11 Å². The highest BCUT2D eigenvalue weighted by atomic mass is 16.3. The van der Waals surface area contributed by atoms with Crippen molar-refractivity contribution in [1.29, 1.82) is 0 Å². The molecule has 1 atom stereocenters. The van der Waals surface area contributed by atoms with Gasteiger partial charge in [-0.3, -0.25) is 4.98 Å². The maximum atomic E-state index is 10.6. The van der Waals surface area contributed by atoms with Gasteiger partial charge in [0.25, 0.3) is 0 Å². The lowest BCUT2D eigenvalue weighted by Gasteiger charge is -2.24. The van der Waals surface area contributed by atoms with Gasteiger partial charge in [-0.15, -0.1) is 0 Å². The van der Waals surface area contributed by atoms with E-state index in [0.29, 0.717) is 0 Å². The summed E-state index contributed by atoms with van der Waals surface area (Å²) >= 11 is 0. The van der Waals surface area contributed by atoms with Crippen molar-refractivity contribution in [2.75, 3.05) is 0 Å². The third-order valence-electron chi connectivity index (χ3n) is 3.12.